The van der Waals surface area contributed by atoms with E-state index in [9.17, 15) is 31.2 Å². The Balaban J connectivity index is 1.83. The van der Waals surface area contributed by atoms with Crippen LogP contribution in [0.1, 0.15) is 32.1 Å². The number of hydrogen-bond donors (Lipinski definition) is 1. The predicted molar refractivity (Wildman–Crippen MR) is 83.3 cm³/mol. The average Bonchev–Trinajstić information content (AvgIpc) is 3.43. The van der Waals surface area contributed by atoms with Crippen LogP contribution < -0.4 is 5.32 Å². The molecule has 2 amide bonds. The van der Waals surface area contributed by atoms with Gasteiger partial charge in [-0.2, -0.15) is 26.9 Å². The van der Waals surface area contributed by atoms with Crippen molar-refractivity contribution in [1.82, 2.24) is 10.2 Å². The van der Waals surface area contributed by atoms with Gasteiger partial charge in [0.05, 0.1) is 18.4 Å². The van der Waals surface area contributed by atoms with Crippen LogP contribution in [-0.4, -0.2) is 61.8 Å². The molecule has 0 aromatic carbocycles. The smallest absolute Gasteiger partial charge is 0.336 e. The first-order chi connectivity index (χ1) is 12.3. The molecule has 150 valence electrons. The first-order valence-electron chi connectivity index (χ1n) is 8.32. The molecule has 0 spiro atoms. The molecule has 1 N–H and O–H groups in total. The Bertz CT molecular complexity index is 812. The molecule has 1 saturated heterocycles. The topological polar surface area (TPSA) is 117 Å². The average molecular weight is 409 g/mol. The van der Waals surface area contributed by atoms with Gasteiger partial charge in [-0.05, 0) is 25.7 Å². The minimum Gasteiger partial charge on any atom is -0.336 e. The quantitative estimate of drug-likeness (QED) is 0.659. The number of rotatable bonds is 5. The third-order valence-electron chi connectivity index (χ3n) is 5.17. The van der Waals surface area contributed by atoms with Crippen molar-refractivity contribution in [3.8, 4) is 6.07 Å². The molecule has 0 aromatic heterocycles. The number of likely N-dealkylation sites (tertiary alicyclic amines) is 1. The van der Waals surface area contributed by atoms with Crippen LogP contribution in [0.2, 0.25) is 0 Å². The summed E-state index contributed by atoms with van der Waals surface area (Å²) in [6.45, 7) is -0.443. The van der Waals surface area contributed by atoms with Crippen LogP contribution in [0.4, 0.5) is 13.2 Å². The maximum absolute atomic E-state index is 13.3. The Hall–Kier alpha value is -1.87. The lowest BCUT2D eigenvalue weighted by Crippen LogP contribution is -2.53. The Kier molecular flexibility index (Phi) is 4.47. The summed E-state index contributed by atoms with van der Waals surface area (Å²) in [5, 5.41) is 11.5. The molecular weight excluding hydrogens is 391 g/mol. The van der Waals surface area contributed by atoms with E-state index in [2.05, 4.69) is 5.32 Å². The highest BCUT2D eigenvalue weighted by molar-refractivity contribution is 7.86. The number of hydrogen-bond acceptors (Lipinski definition) is 6. The zero-order valence-corrected chi connectivity index (χ0v) is 15.2. The normalized spacial score (nSPS) is 28.3. The molecule has 2 aliphatic carbocycles. The van der Waals surface area contributed by atoms with Crippen molar-refractivity contribution in [1.29, 1.82) is 5.26 Å². The number of nitrogens with zero attached hydrogens (tertiary/aromatic N) is 2. The molecule has 1 aliphatic heterocycles. The summed E-state index contributed by atoms with van der Waals surface area (Å²) in [5.74, 6) is -2.03. The first kappa shape index (κ1) is 19.9. The van der Waals surface area contributed by atoms with E-state index in [4.69, 9.17) is 9.44 Å². The van der Waals surface area contributed by atoms with E-state index < -0.39 is 57.8 Å². The monoisotopic (exact) mass is 409 g/mol. The molecule has 27 heavy (non-hydrogen) atoms. The second kappa shape index (κ2) is 6.07. The fraction of sp³-hybridized carbons (Fsp3) is 0.800. The Labute approximate surface area is 153 Å². The lowest BCUT2D eigenvalue weighted by molar-refractivity contribution is -0.199. The van der Waals surface area contributed by atoms with E-state index >= 15 is 0 Å². The minimum absolute atomic E-state index is 0.264. The fourth-order valence-corrected chi connectivity index (χ4v) is 3.95. The van der Waals surface area contributed by atoms with Gasteiger partial charge in [0.1, 0.15) is 17.0 Å². The van der Waals surface area contributed by atoms with Crippen LogP contribution >= 0.6 is 0 Å². The van der Waals surface area contributed by atoms with E-state index in [1.54, 1.807) is 0 Å². The number of carbonyl (C=O) groups is 2. The van der Waals surface area contributed by atoms with Gasteiger partial charge in [-0.15, -0.1) is 0 Å². The third kappa shape index (κ3) is 3.75. The molecule has 0 bridgehead atoms. The highest BCUT2D eigenvalue weighted by Gasteiger charge is 2.70. The van der Waals surface area contributed by atoms with Crippen molar-refractivity contribution < 1.29 is 35.4 Å². The summed E-state index contributed by atoms with van der Waals surface area (Å²) >= 11 is 0. The number of nitriles is 1. The molecule has 0 aromatic rings. The van der Waals surface area contributed by atoms with E-state index in [0.29, 0.717) is 12.8 Å². The van der Waals surface area contributed by atoms with Gasteiger partial charge in [0.2, 0.25) is 11.8 Å². The molecule has 2 saturated carbocycles. The lowest BCUT2D eigenvalue weighted by Gasteiger charge is -2.29. The summed E-state index contributed by atoms with van der Waals surface area (Å²) in [7, 11) is -3.93. The SMILES string of the molecule is CS(=O)(=O)O[C@H]1C[C@@H](C(=O)NC2(C#N)CC2)N(C(=O)C2(C(F)(F)F)CC2)C1. The van der Waals surface area contributed by atoms with Crippen molar-refractivity contribution in [2.75, 3.05) is 12.8 Å². The van der Waals surface area contributed by atoms with Crippen molar-refractivity contribution in [3.63, 3.8) is 0 Å². The van der Waals surface area contributed by atoms with Gasteiger partial charge in [-0.3, -0.25) is 13.8 Å². The zero-order valence-electron chi connectivity index (χ0n) is 14.4. The molecule has 3 aliphatic rings. The first-order valence-corrected chi connectivity index (χ1v) is 10.1. The Morgan fingerprint density at radius 3 is 2.26 bits per heavy atom. The van der Waals surface area contributed by atoms with Crippen LogP contribution in [-0.2, 0) is 23.9 Å². The second-order valence-electron chi connectivity index (χ2n) is 7.39. The second-order valence-corrected chi connectivity index (χ2v) is 9.00. The molecule has 0 radical (unpaired) electrons. The highest BCUT2D eigenvalue weighted by atomic mass is 32.2. The van der Waals surface area contributed by atoms with Gasteiger partial charge < -0.3 is 10.2 Å². The van der Waals surface area contributed by atoms with Crippen LogP contribution in [0.5, 0.6) is 0 Å². The predicted octanol–water partition coefficient (Wildman–Crippen LogP) is 0.447. The van der Waals surface area contributed by atoms with Crippen LogP contribution in [0.25, 0.3) is 0 Å². The number of nitrogens with one attached hydrogen (secondary N) is 1. The summed E-state index contributed by atoms with van der Waals surface area (Å²) < 4.78 is 67.4. The fourth-order valence-electron chi connectivity index (χ4n) is 3.31. The minimum atomic E-state index is -4.76. The molecule has 2 atom stereocenters. The zero-order chi connectivity index (χ0) is 20.3. The summed E-state index contributed by atoms with van der Waals surface area (Å²) in [6, 6.07) is 0.600. The number of carbonyl (C=O) groups excluding carboxylic acids is 2. The van der Waals surface area contributed by atoms with Crippen LogP contribution in [0.3, 0.4) is 0 Å². The van der Waals surface area contributed by atoms with Crippen molar-refractivity contribution in [3.05, 3.63) is 0 Å². The Morgan fingerprint density at radius 2 is 1.85 bits per heavy atom. The van der Waals surface area contributed by atoms with Gasteiger partial charge in [0.25, 0.3) is 10.1 Å². The maximum atomic E-state index is 13.3. The summed E-state index contributed by atoms with van der Waals surface area (Å²) in [6.07, 6.45) is -5.30. The number of halogens is 3. The van der Waals surface area contributed by atoms with E-state index in [0.717, 1.165) is 11.2 Å². The molecule has 1 heterocycles. The van der Waals surface area contributed by atoms with Gasteiger partial charge in [-0.25, -0.2) is 0 Å². The van der Waals surface area contributed by atoms with Crippen LogP contribution in [0.15, 0.2) is 0 Å². The lowest BCUT2D eigenvalue weighted by atomic mass is 10.0. The summed E-state index contributed by atoms with van der Waals surface area (Å²) in [5.41, 5.74) is -3.60. The van der Waals surface area contributed by atoms with Crippen LogP contribution in [0, 0.1) is 16.7 Å². The highest BCUT2D eigenvalue weighted by Crippen LogP contribution is 2.59. The number of amides is 2. The van der Waals surface area contributed by atoms with E-state index in [-0.39, 0.29) is 19.3 Å². The van der Waals surface area contributed by atoms with E-state index in [1.807, 2.05) is 6.07 Å². The molecule has 3 rings (SSSR count). The molecule has 0 unspecified atom stereocenters. The molecule has 3 fully saturated rings. The van der Waals surface area contributed by atoms with E-state index in [1.165, 1.54) is 0 Å². The van der Waals surface area contributed by atoms with Gasteiger partial charge >= 0.3 is 6.18 Å². The Morgan fingerprint density at radius 1 is 1.26 bits per heavy atom. The third-order valence-corrected chi connectivity index (χ3v) is 5.79. The van der Waals surface area contributed by atoms with Crippen molar-refractivity contribution in [2.24, 2.45) is 5.41 Å². The summed E-state index contributed by atoms with van der Waals surface area (Å²) in [4.78, 5) is 25.9. The number of alkyl halides is 3. The van der Waals surface area contributed by atoms with Crippen molar-refractivity contribution >= 4 is 21.9 Å². The molecule has 12 heteroatoms. The largest absolute Gasteiger partial charge is 0.403 e. The van der Waals surface area contributed by atoms with Crippen molar-refractivity contribution in [2.45, 2.75) is 56.0 Å². The standard InChI is InChI=1S/C15H18F3N3O5S/c1-27(24,25)26-9-6-10(11(22)20-13(8-19)2-3-13)21(7-9)12(23)14(4-5-14)15(16,17)18/h9-10H,2-7H2,1H3,(H,20,22)/t9-,10-/m0/s1. The maximum Gasteiger partial charge on any atom is 0.403 e. The molecule has 8 nitrogen and oxygen atoms in total. The van der Waals surface area contributed by atoms with Gasteiger partial charge in [0, 0.05) is 13.0 Å². The van der Waals surface area contributed by atoms with Gasteiger partial charge in [-0.1, -0.05) is 0 Å². The molecular formula is C15H18F3N3O5S. The van der Waals surface area contributed by atoms with Gasteiger partial charge in [0.15, 0.2) is 0 Å².